The SMILES string of the molecule is CC1CCN(C(=O)C2CCCCN2S(=O)(=O)c2ccccc2)c2ccccc21. The number of para-hydroxylation sites is 1. The van der Waals surface area contributed by atoms with Gasteiger partial charge in [0.1, 0.15) is 6.04 Å². The Labute approximate surface area is 167 Å². The van der Waals surface area contributed by atoms with Crippen LogP contribution in [0.15, 0.2) is 59.5 Å². The fourth-order valence-corrected chi connectivity index (χ4v) is 6.00. The van der Waals surface area contributed by atoms with Crippen molar-refractivity contribution in [2.75, 3.05) is 18.0 Å². The molecule has 5 nitrogen and oxygen atoms in total. The lowest BCUT2D eigenvalue weighted by Crippen LogP contribution is -2.54. The summed E-state index contributed by atoms with van der Waals surface area (Å²) in [5.41, 5.74) is 2.09. The van der Waals surface area contributed by atoms with Crippen LogP contribution in [-0.4, -0.2) is 37.8 Å². The van der Waals surface area contributed by atoms with Gasteiger partial charge in [-0.15, -0.1) is 0 Å². The van der Waals surface area contributed by atoms with E-state index in [0.29, 0.717) is 25.4 Å². The standard InChI is InChI=1S/C22H26N2O3S/c1-17-14-16-23(20-12-6-5-11-19(17)20)22(25)21-13-7-8-15-24(21)28(26,27)18-9-3-2-4-10-18/h2-6,9-12,17,21H,7-8,13-16H2,1H3. The maximum Gasteiger partial charge on any atom is 0.245 e. The number of piperidine rings is 1. The van der Waals surface area contributed by atoms with Crippen LogP contribution in [0.4, 0.5) is 5.69 Å². The Morgan fingerprint density at radius 1 is 0.929 bits per heavy atom. The molecule has 28 heavy (non-hydrogen) atoms. The predicted octanol–water partition coefficient (Wildman–Crippen LogP) is 3.77. The second-order valence-electron chi connectivity index (χ2n) is 7.68. The van der Waals surface area contributed by atoms with Gasteiger partial charge in [0.05, 0.1) is 4.90 Å². The molecule has 2 aliphatic heterocycles. The lowest BCUT2D eigenvalue weighted by atomic mass is 9.90. The number of carbonyl (C=O) groups excluding carboxylic acids is 1. The third-order valence-corrected chi connectivity index (χ3v) is 7.82. The molecule has 2 heterocycles. The molecule has 0 spiro atoms. The zero-order chi connectivity index (χ0) is 19.7. The van der Waals surface area contributed by atoms with E-state index in [2.05, 4.69) is 13.0 Å². The molecule has 0 bridgehead atoms. The molecule has 4 rings (SSSR count). The third-order valence-electron chi connectivity index (χ3n) is 5.90. The van der Waals surface area contributed by atoms with Crippen LogP contribution in [0.25, 0.3) is 0 Å². The third kappa shape index (κ3) is 3.35. The molecular weight excluding hydrogens is 372 g/mol. The number of hydrogen-bond acceptors (Lipinski definition) is 3. The first kappa shape index (κ1) is 19.2. The fraction of sp³-hybridized carbons (Fsp3) is 0.409. The molecular formula is C22H26N2O3S. The van der Waals surface area contributed by atoms with Gasteiger partial charge in [0.15, 0.2) is 0 Å². The minimum Gasteiger partial charge on any atom is -0.311 e. The molecule has 2 aliphatic rings. The monoisotopic (exact) mass is 398 g/mol. The second kappa shape index (κ2) is 7.68. The minimum atomic E-state index is -3.70. The van der Waals surface area contributed by atoms with E-state index in [-0.39, 0.29) is 10.8 Å². The molecule has 2 unspecified atom stereocenters. The van der Waals surface area contributed by atoms with E-state index in [0.717, 1.165) is 30.5 Å². The molecule has 148 valence electrons. The molecule has 0 saturated carbocycles. The molecule has 2 aromatic carbocycles. The highest BCUT2D eigenvalue weighted by Crippen LogP contribution is 2.36. The van der Waals surface area contributed by atoms with Crippen LogP contribution in [0.2, 0.25) is 0 Å². The molecule has 2 atom stereocenters. The van der Waals surface area contributed by atoms with E-state index in [1.165, 1.54) is 4.31 Å². The number of nitrogens with zero attached hydrogens (tertiary/aromatic N) is 2. The van der Waals surface area contributed by atoms with Crippen molar-refractivity contribution in [3.8, 4) is 0 Å². The highest BCUT2D eigenvalue weighted by atomic mass is 32.2. The molecule has 1 fully saturated rings. The van der Waals surface area contributed by atoms with Crippen molar-refractivity contribution >= 4 is 21.6 Å². The average Bonchev–Trinajstić information content (AvgIpc) is 2.74. The first-order valence-corrected chi connectivity index (χ1v) is 11.4. The number of fused-ring (bicyclic) bond motifs is 1. The van der Waals surface area contributed by atoms with Gasteiger partial charge in [-0.3, -0.25) is 4.79 Å². The van der Waals surface area contributed by atoms with Gasteiger partial charge in [-0.05, 0) is 48.9 Å². The largest absolute Gasteiger partial charge is 0.311 e. The summed E-state index contributed by atoms with van der Waals surface area (Å²) >= 11 is 0. The van der Waals surface area contributed by atoms with E-state index in [4.69, 9.17) is 0 Å². The number of rotatable bonds is 3. The molecule has 1 amide bonds. The van der Waals surface area contributed by atoms with Crippen LogP contribution in [0, 0.1) is 0 Å². The van der Waals surface area contributed by atoms with Crippen LogP contribution in [0.3, 0.4) is 0 Å². The normalized spacial score (nSPS) is 23.2. The lowest BCUT2D eigenvalue weighted by molar-refractivity contribution is -0.123. The van der Waals surface area contributed by atoms with Crippen molar-refractivity contribution in [3.05, 3.63) is 60.2 Å². The Balaban J connectivity index is 1.67. The molecule has 6 heteroatoms. The highest BCUT2D eigenvalue weighted by Gasteiger charge is 2.40. The molecule has 0 aromatic heterocycles. The topological polar surface area (TPSA) is 57.7 Å². The van der Waals surface area contributed by atoms with E-state index < -0.39 is 16.1 Å². The lowest BCUT2D eigenvalue weighted by Gasteiger charge is -2.39. The summed E-state index contributed by atoms with van der Waals surface area (Å²) in [6, 6.07) is 15.8. The fourth-order valence-electron chi connectivity index (χ4n) is 4.32. The van der Waals surface area contributed by atoms with Gasteiger partial charge in [-0.2, -0.15) is 4.31 Å². The Morgan fingerprint density at radius 2 is 1.64 bits per heavy atom. The maximum atomic E-state index is 13.5. The minimum absolute atomic E-state index is 0.0986. The smallest absolute Gasteiger partial charge is 0.245 e. The van der Waals surface area contributed by atoms with E-state index >= 15 is 0 Å². The Morgan fingerprint density at radius 3 is 2.43 bits per heavy atom. The van der Waals surface area contributed by atoms with Crippen molar-refractivity contribution in [2.24, 2.45) is 0 Å². The Bertz CT molecular complexity index is 959. The van der Waals surface area contributed by atoms with Crippen molar-refractivity contribution in [1.29, 1.82) is 0 Å². The highest BCUT2D eigenvalue weighted by molar-refractivity contribution is 7.89. The van der Waals surface area contributed by atoms with E-state index in [1.54, 1.807) is 35.2 Å². The number of anilines is 1. The predicted molar refractivity (Wildman–Crippen MR) is 110 cm³/mol. The van der Waals surface area contributed by atoms with Crippen molar-refractivity contribution in [1.82, 2.24) is 4.31 Å². The molecule has 0 aliphatic carbocycles. The van der Waals surface area contributed by atoms with Crippen molar-refractivity contribution in [3.63, 3.8) is 0 Å². The van der Waals surface area contributed by atoms with Gasteiger partial charge < -0.3 is 4.90 Å². The summed E-state index contributed by atoms with van der Waals surface area (Å²) in [5, 5.41) is 0. The first-order chi connectivity index (χ1) is 13.5. The molecule has 0 radical (unpaired) electrons. The quantitative estimate of drug-likeness (QED) is 0.791. The number of hydrogen-bond donors (Lipinski definition) is 0. The van der Waals surface area contributed by atoms with Gasteiger partial charge in [0.25, 0.3) is 0 Å². The van der Waals surface area contributed by atoms with Gasteiger partial charge in [0, 0.05) is 18.8 Å². The van der Waals surface area contributed by atoms with Crippen LogP contribution in [0.1, 0.15) is 44.1 Å². The molecule has 0 N–H and O–H groups in total. The Kier molecular flexibility index (Phi) is 5.25. The van der Waals surface area contributed by atoms with Crippen molar-refractivity contribution in [2.45, 2.75) is 49.5 Å². The summed E-state index contributed by atoms with van der Waals surface area (Å²) in [6.07, 6.45) is 3.10. The van der Waals surface area contributed by atoms with Gasteiger partial charge in [-0.1, -0.05) is 49.7 Å². The number of amides is 1. The van der Waals surface area contributed by atoms with Crippen LogP contribution < -0.4 is 4.90 Å². The number of sulfonamides is 1. The number of benzene rings is 2. The first-order valence-electron chi connectivity index (χ1n) is 9.97. The maximum absolute atomic E-state index is 13.5. The van der Waals surface area contributed by atoms with E-state index in [1.807, 2.05) is 18.2 Å². The van der Waals surface area contributed by atoms with Gasteiger partial charge in [0.2, 0.25) is 15.9 Å². The van der Waals surface area contributed by atoms with Gasteiger partial charge in [-0.25, -0.2) is 8.42 Å². The van der Waals surface area contributed by atoms with Gasteiger partial charge >= 0.3 is 0 Å². The van der Waals surface area contributed by atoms with Crippen molar-refractivity contribution < 1.29 is 13.2 Å². The zero-order valence-corrected chi connectivity index (χ0v) is 16.9. The van der Waals surface area contributed by atoms with E-state index in [9.17, 15) is 13.2 Å². The molecule has 1 saturated heterocycles. The average molecular weight is 399 g/mol. The summed E-state index contributed by atoms with van der Waals surface area (Å²) in [7, 11) is -3.70. The van der Waals surface area contributed by atoms with Crippen LogP contribution in [0.5, 0.6) is 0 Å². The summed E-state index contributed by atoms with van der Waals surface area (Å²) in [4.78, 5) is 15.6. The summed E-state index contributed by atoms with van der Waals surface area (Å²) in [6.45, 7) is 3.19. The van der Waals surface area contributed by atoms with Crippen LogP contribution >= 0.6 is 0 Å². The second-order valence-corrected chi connectivity index (χ2v) is 9.57. The molecule has 2 aromatic rings. The summed E-state index contributed by atoms with van der Waals surface area (Å²) < 4.78 is 27.9. The van der Waals surface area contributed by atoms with Crippen LogP contribution in [-0.2, 0) is 14.8 Å². The zero-order valence-electron chi connectivity index (χ0n) is 16.1. The Hall–Kier alpha value is -2.18. The number of carbonyl (C=O) groups is 1. The summed E-state index contributed by atoms with van der Waals surface area (Å²) in [5.74, 6) is 0.300.